The Hall–Kier alpha value is -0.300. The van der Waals surface area contributed by atoms with E-state index in [-0.39, 0.29) is 0 Å². The third kappa shape index (κ3) is 0.832. The SMILES string of the molecule is Cc1cc(Br)c2c(c1)C1CC1C2. The fraction of sp³-hybridized carbons (Fsp3) is 0.455. The van der Waals surface area contributed by atoms with Crippen molar-refractivity contribution in [1.82, 2.24) is 0 Å². The minimum absolute atomic E-state index is 0.927. The van der Waals surface area contributed by atoms with E-state index >= 15 is 0 Å². The minimum Gasteiger partial charge on any atom is -0.0555 e. The number of aryl methyl sites for hydroxylation is 1. The molecule has 2 aliphatic rings. The average Bonchev–Trinajstić information content (AvgIpc) is 2.68. The van der Waals surface area contributed by atoms with Crippen molar-refractivity contribution in [3.63, 3.8) is 0 Å². The summed E-state index contributed by atoms with van der Waals surface area (Å²) >= 11 is 3.65. The normalized spacial score (nSPS) is 29.8. The molecule has 1 fully saturated rings. The van der Waals surface area contributed by atoms with Gasteiger partial charge in [0.05, 0.1) is 0 Å². The molecule has 0 aliphatic heterocycles. The van der Waals surface area contributed by atoms with Gasteiger partial charge in [0.15, 0.2) is 0 Å². The van der Waals surface area contributed by atoms with Gasteiger partial charge in [0, 0.05) is 4.47 Å². The predicted octanol–water partition coefficient (Wildman–Crippen LogP) is 3.42. The quantitative estimate of drug-likeness (QED) is 0.632. The Morgan fingerprint density at radius 1 is 1.42 bits per heavy atom. The summed E-state index contributed by atoms with van der Waals surface area (Å²) in [5.74, 6) is 1.93. The summed E-state index contributed by atoms with van der Waals surface area (Å²) in [7, 11) is 0. The van der Waals surface area contributed by atoms with Gasteiger partial charge in [-0.25, -0.2) is 0 Å². The smallest absolute Gasteiger partial charge is 0.0212 e. The molecule has 1 heteroatoms. The average molecular weight is 223 g/mol. The molecular weight excluding hydrogens is 212 g/mol. The fourth-order valence-electron chi connectivity index (χ4n) is 2.46. The molecule has 1 aromatic carbocycles. The summed E-state index contributed by atoms with van der Waals surface area (Å²) in [5.41, 5.74) is 4.61. The molecule has 2 atom stereocenters. The first-order valence-electron chi connectivity index (χ1n) is 4.54. The van der Waals surface area contributed by atoms with E-state index < -0.39 is 0 Å². The van der Waals surface area contributed by atoms with Crippen LogP contribution in [-0.4, -0.2) is 0 Å². The first-order chi connectivity index (χ1) is 5.75. The van der Waals surface area contributed by atoms with Crippen LogP contribution in [0.1, 0.15) is 29.0 Å². The molecule has 0 bridgehead atoms. The van der Waals surface area contributed by atoms with E-state index in [0.29, 0.717) is 0 Å². The highest BCUT2D eigenvalue weighted by Crippen LogP contribution is 2.57. The zero-order chi connectivity index (χ0) is 8.29. The van der Waals surface area contributed by atoms with Gasteiger partial charge in [-0.05, 0) is 54.4 Å². The number of benzene rings is 1. The summed E-state index contributed by atoms with van der Waals surface area (Å²) < 4.78 is 1.34. The first-order valence-corrected chi connectivity index (χ1v) is 5.34. The van der Waals surface area contributed by atoms with Crippen molar-refractivity contribution in [3.05, 3.63) is 33.3 Å². The van der Waals surface area contributed by atoms with Crippen LogP contribution < -0.4 is 0 Å². The van der Waals surface area contributed by atoms with Gasteiger partial charge in [0.1, 0.15) is 0 Å². The Bertz CT molecular complexity index is 354. The number of hydrogen-bond acceptors (Lipinski definition) is 0. The molecular formula is C11H11Br. The van der Waals surface area contributed by atoms with Crippen molar-refractivity contribution in [2.24, 2.45) is 5.92 Å². The standard InChI is InChI=1S/C11H11Br/c1-6-2-9-8-4-7(8)5-10(9)11(12)3-6/h2-3,7-8H,4-5H2,1H3. The maximum Gasteiger partial charge on any atom is 0.0212 e. The van der Waals surface area contributed by atoms with E-state index in [9.17, 15) is 0 Å². The van der Waals surface area contributed by atoms with Crippen LogP contribution in [0.25, 0.3) is 0 Å². The second kappa shape index (κ2) is 2.14. The lowest BCUT2D eigenvalue weighted by atomic mass is 10.0. The molecule has 0 nitrogen and oxygen atoms in total. The highest BCUT2D eigenvalue weighted by molar-refractivity contribution is 9.10. The Morgan fingerprint density at radius 3 is 3.08 bits per heavy atom. The topological polar surface area (TPSA) is 0 Å². The van der Waals surface area contributed by atoms with Crippen LogP contribution in [0.5, 0.6) is 0 Å². The lowest BCUT2D eigenvalue weighted by Crippen LogP contribution is -1.89. The van der Waals surface area contributed by atoms with Crippen LogP contribution in [-0.2, 0) is 6.42 Å². The molecule has 2 aliphatic carbocycles. The van der Waals surface area contributed by atoms with Crippen molar-refractivity contribution < 1.29 is 0 Å². The molecule has 1 saturated carbocycles. The minimum atomic E-state index is 0.927. The van der Waals surface area contributed by atoms with Gasteiger partial charge < -0.3 is 0 Å². The molecule has 0 spiro atoms. The summed E-state index contributed by atoms with van der Waals surface area (Å²) in [5, 5.41) is 0. The zero-order valence-electron chi connectivity index (χ0n) is 7.10. The highest BCUT2D eigenvalue weighted by atomic mass is 79.9. The Morgan fingerprint density at radius 2 is 2.25 bits per heavy atom. The lowest BCUT2D eigenvalue weighted by Gasteiger charge is -2.06. The zero-order valence-corrected chi connectivity index (χ0v) is 8.69. The molecule has 12 heavy (non-hydrogen) atoms. The van der Waals surface area contributed by atoms with Crippen molar-refractivity contribution in [3.8, 4) is 0 Å². The van der Waals surface area contributed by atoms with Crippen molar-refractivity contribution >= 4 is 15.9 Å². The highest BCUT2D eigenvalue weighted by Gasteiger charge is 2.45. The third-order valence-electron chi connectivity index (χ3n) is 3.16. The molecule has 0 amide bonds. The number of rotatable bonds is 0. The van der Waals surface area contributed by atoms with E-state index in [0.717, 1.165) is 11.8 Å². The fourth-order valence-corrected chi connectivity index (χ4v) is 3.21. The maximum absolute atomic E-state index is 3.65. The summed E-state index contributed by atoms with van der Waals surface area (Å²) in [4.78, 5) is 0. The van der Waals surface area contributed by atoms with E-state index in [1.807, 2.05) is 0 Å². The van der Waals surface area contributed by atoms with Crippen molar-refractivity contribution in [2.45, 2.75) is 25.7 Å². The summed E-state index contributed by atoms with van der Waals surface area (Å²) in [6.45, 7) is 2.18. The molecule has 62 valence electrons. The molecule has 2 unspecified atom stereocenters. The molecule has 0 radical (unpaired) electrons. The predicted molar refractivity (Wildman–Crippen MR) is 53.4 cm³/mol. The maximum atomic E-state index is 3.65. The van der Waals surface area contributed by atoms with Crippen molar-refractivity contribution in [2.75, 3.05) is 0 Å². The van der Waals surface area contributed by atoms with E-state index in [1.54, 1.807) is 11.1 Å². The molecule has 0 aromatic heterocycles. The van der Waals surface area contributed by atoms with Gasteiger partial charge in [-0.3, -0.25) is 0 Å². The van der Waals surface area contributed by atoms with Crippen LogP contribution >= 0.6 is 15.9 Å². The number of hydrogen-bond donors (Lipinski definition) is 0. The summed E-state index contributed by atoms with van der Waals surface area (Å²) in [6.07, 6.45) is 2.77. The molecule has 0 heterocycles. The monoisotopic (exact) mass is 222 g/mol. The van der Waals surface area contributed by atoms with E-state index in [1.165, 1.54) is 22.9 Å². The van der Waals surface area contributed by atoms with Gasteiger partial charge in [-0.15, -0.1) is 0 Å². The first kappa shape index (κ1) is 7.14. The molecule has 1 aromatic rings. The van der Waals surface area contributed by atoms with Gasteiger partial charge in [0.25, 0.3) is 0 Å². The largest absolute Gasteiger partial charge is 0.0555 e. The Balaban J connectivity index is 2.24. The van der Waals surface area contributed by atoms with Gasteiger partial charge in [-0.2, -0.15) is 0 Å². The van der Waals surface area contributed by atoms with Crippen LogP contribution in [0.2, 0.25) is 0 Å². The second-order valence-corrected chi connectivity index (χ2v) is 4.98. The van der Waals surface area contributed by atoms with Crippen LogP contribution in [0, 0.1) is 12.8 Å². The van der Waals surface area contributed by atoms with Crippen LogP contribution in [0.4, 0.5) is 0 Å². The Kier molecular flexibility index (Phi) is 1.27. The Labute approximate surface area is 81.1 Å². The third-order valence-corrected chi connectivity index (χ3v) is 3.87. The number of halogens is 1. The van der Waals surface area contributed by atoms with E-state index in [4.69, 9.17) is 0 Å². The van der Waals surface area contributed by atoms with E-state index in [2.05, 4.69) is 35.0 Å². The number of fused-ring (bicyclic) bond motifs is 3. The summed E-state index contributed by atoms with van der Waals surface area (Å²) in [6, 6.07) is 4.61. The van der Waals surface area contributed by atoms with Crippen molar-refractivity contribution in [1.29, 1.82) is 0 Å². The molecule has 0 saturated heterocycles. The van der Waals surface area contributed by atoms with Gasteiger partial charge >= 0.3 is 0 Å². The van der Waals surface area contributed by atoms with Crippen LogP contribution in [0.3, 0.4) is 0 Å². The lowest BCUT2D eigenvalue weighted by molar-refractivity contribution is 0.854. The second-order valence-electron chi connectivity index (χ2n) is 4.12. The molecule has 0 N–H and O–H groups in total. The molecule has 3 rings (SSSR count). The van der Waals surface area contributed by atoms with Gasteiger partial charge in [0.2, 0.25) is 0 Å². The van der Waals surface area contributed by atoms with Crippen LogP contribution in [0.15, 0.2) is 16.6 Å². The van der Waals surface area contributed by atoms with Gasteiger partial charge in [-0.1, -0.05) is 22.0 Å².